The van der Waals surface area contributed by atoms with E-state index >= 15 is 0 Å². The molecule has 3 N–H and O–H groups in total. The maximum Gasteiger partial charge on any atom is 0.257 e. The van der Waals surface area contributed by atoms with Crippen LogP contribution < -0.4 is 10.5 Å². The van der Waals surface area contributed by atoms with E-state index < -0.39 is 15.6 Å². The summed E-state index contributed by atoms with van der Waals surface area (Å²) in [4.78, 5) is 19.6. The van der Waals surface area contributed by atoms with Gasteiger partial charge in [0.15, 0.2) is 5.96 Å². The van der Waals surface area contributed by atoms with Crippen molar-refractivity contribution in [1.82, 2.24) is 9.62 Å². The molecule has 0 aromatic heterocycles. The summed E-state index contributed by atoms with van der Waals surface area (Å²) in [7, 11) is -1.71. The molecule has 0 radical (unpaired) electrons. The molecule has 34 heavy (non-hydrogen) atoms. The molecular formula is C26H40N4O3S. The summed E-state index contributed by atoms with van der Waals surface area (Å²) in [5.41, 5.74) is 6.11. The molecule has 0 unspecified atom stereocenters. The van der Waals surface area contributed by atoms with E-state index in [1.165, 1.54) is 37.0 Å². The summed E-state index contributed by atoms with van der Waals surface area (Å²) in [6.45, 7) is 0. The number of aliphatic imine (C=N–C) groups is 1. The molecule has 1 aromatic carbocycles. The Balaban J connectivity index is 1.40. The van der Waals surface area contributed by atoms with E-state index in [9.17, 15) is 13.2 Å². The average Bonchev–Trinajstić information content (AvgIpc) is 3.02. The lowest BCUT2D eigenvalue weighted by atomic mass is 9.74. The van der Waals surface area contributed by atoms with Crippen molar-refractivity contribution in [2.45, 2.75) is 94.4 Å². The number of nitrogens with two attached hydrogens (primary N) is 1. The van der Waals surface area contributed by atoms with E-state index in [4.69, 9.17) is 10.7 Å². The van der Waals surface area contributed by atoms with Gasteiger partial charge in [-0.05, 0) is 49.5 Å². The van der Waals surface area contributed by atoms with Gasteiger partial charge < -0.3 is 5.73 Å². The van der Waals surface area contributed by atoms with E-state index in [-0.39, 0.29) is 23.6 Å². The summed E-state index contributed by atoms with van der Waals surface area (Å²) in [5.74, 6) is 1.23. The molecule has 188 valence electrons. The lowest BCUT2D eigenvalue weighted by molar-refractivity contribution is -0.131. The Morgan fingerprint density at radius 3 is 2.44 bits per heavy atom. The van der Waals surface area contributed by atoms with E-state index in [2.05, 4.69) is 4.72 Å². The van der Waals surface area contributed by atoms with Gasteiger partial charge in [-0.15, -0.1) is 0 Å². The summed E-state index contributed by atoms with van der Waals surface area (Å²) < 4.78 is 28.5. The molecule has 2 saturated carbocycles. The zero-order valence-electron chi connectivity index (χ0n) is 20.4. The van der Waals surface area contributed by atoms with Gasteiger partial charge in [0.25, 0.3) is 5.91 Å². The maximum absolute atomic E-state index is 13.3. The van der Waals surface area contributed by atoms with Crippen LogP contribution in [0.4, 0.5) is 0 Å². The molecule has 1 aromatic rings. The van der Waals surface area contributed by atoms with Crippen LogP contribution in [-0.4, -0.2) is 43.8 Å². The zero-order chi connectivity index (χ0) is 24.2. The van der Waals surface area contributed by atoms with Gasteiger partial charge >= 0.3 is 0 Å². The van der Waals surface area contributed by atoms with Crippen LogP contribution in [0.3, 0.4) is 0 Å². The average molecular weight is 489 g/mol. The number of rotatable bonds is 9. The molecular weight excluding hydrogens is 448 g/mol. The normalized spacial score (nSPS) is 28.8. The molecule has 4 rings (SSSR count). The number of carbonyl (C=O) groups is 1. The van der Waals surface area contributed by atoms with Crippen LogP contribution in [0.25, 0.3) is 0 Å². The Kier molecular flexibility index (Phi) is 7.97. The maximum atomic E-state index is 13.3. The van der Waals surface area contributed by atoms with Gasteiger partial charge in [0, 0.05) is 13.1 Å². The number of carbonyl (C=O) groups excluding carboxylic acids is 1. The van der Waals surface area contributed by atoms with Crippen molar-refractivity contribution in [2.75, 3.05) is 7.05 Å². The molecule has 0 spiro atoms. The molecule has 1 aliphatic heterocycles. The zero-order valence-corrected chi connectivity index (χ0v) is 21.2. The molecule has 7 nitrogen and oxygen atoms in total. The summed E-state index contributed by atoms with van der Waals surface area (Å²) in [5, 5.41) is 0. The number of guanidine groups is 1. The molecule has 0 saturated heterocycles. The van der Waals surface area contributed by atoms with Crippen molar-refractivity contribution in [3.05, 3.63) is 35.9 Å². The van der Waals surface area contributed by atoms with Crippen LogP contribution in [0.15, 0.2) is 35.3 Å². The Labute approximate surface area is 204 Å². The SMILES string of the molecule is CN1C(=O)[C@@](CCC2CCCCC2)(C[C@H]2CCC[C@@H](NS(=O)(=O)Cc3ccccc3)C2)N=C1N. The highest BCUT2D eigenvalue weighted by Gasteiger charge is 2.48. The van der Waals surface area contributed by atoms with Crippen LogP contribution in [0, 0.1) is 11.8 Å². The topological polar surface area (TPSA) is 105 Å². The number of sulfonamides is 1. The largest absolute Gasteiger partial charge is 0.369 e. The quantitative estimate of drug-likeness (QED) is 0.549. The minimum Gasteiger partial charge on any atom is -0.369 e. The van der Waals surface area contributed by atoms with Gasteiger partial charge in [-0.1, -0.05) is 75.3 Å². The summed E-state index contributed by atoms with van der Waals surface area (Å²) >= 11 is 0. The lowest BCUT2D eigenvalue weighted by Gasteiger charge is -2.35. The fourth-order valence-electron chi connectivity index (χ4n) is 6.23. The summed E-state index contributed by atoms with van der Waals surface area (Å²) in [6.07, 6.45) is 12.3. The number of likely N-dealkylation sites (N-methyl/N-ethyl adjacent to an activating group) is 1. The van der Waals surface area contributed by atoms with Crippen LogP contribution in [0.5, 0.6) is 0 Å². The van der Waals surface area contributed by atoms with Gasteiger partial charge in [0.2, 0.25) is 10.0 Å². The van der Waals surface area contributed by atoms with Gasteiger partial charge in [0.05, 0.1) is 5.75 Å². The van der Waals surface area contributed by atoms with Gasteiger partial charge in [-0.25, -0.2) is 18.1 Å². The second kappa shape index (κ2) is 10.8. The van der Waals surface area contributed by atoms with E-state index in [0.29, 0.717) is 18.3 Å². The van der Waals surface area contributed by atoms with Crippen molar-refractivity contribution in [2.24, 2.45) is 22.6 Å². The number of amides is 1. The minimum absolute atomic E-state index is 0.00703. The Bertz CT molecular complexity index is 975. The molecule has 2 fully saturated rings. The molecule has 3 atom stereocenters. The first-order valence-corrected chi connectivity index (χ1v) is 14.6. The minimum atomic E-state index is -3.43. The van der Waals surface area contributed by atoms with Crippen LogP contribution in [-0.2, 0) is 20.6 Å². The van der Waals surface area contributed by atoms with E-state index in [0.717, 1.165) is 44.1 Å². The number of nitrogens with one attached hydrogen (secondary N) is 1. The van der Waals surface area contributed by atoms with Gasteiger partial charge in [0.1, 0.15) is 5.54 Å². The number of hydrogen-bond acceptors (Lipinski definition) is 5. The first-order chi connectivity index (χ1) is 16.3. The molecule has 2 aliphatic carbocycles. The Morgan fingerprint density at radius 2 is 1.76 bits per heavy atom. The third-order valence-electron chi connectivity index (χ3n) is 8.02. The van der Waals surface area contributed by atoms with E-state index in [1.54, 1.807) is 7.05 Å². The highest BCUT2D eigenvalue weighted by atomic mass is 32.2. The first kappa shape index (κ1) is 25.2. The monoisotopic (exact) mass is 488 g/mol. The standard InChI is InChI=1S/C26H40N4O3S/c1-30-24(31)26(28-25(30)27,16-15-20-9-4-2-5-10-20)18-22-13-8-14-23(17-22)29-34(32,33)19-21-11-6-3-7-12-21/h3,6-7,11-12,20,22-23,29H,2,4-5,8-10,13-19H2,1H3,(H2,27,28)/t22-,23+,26+/m0/s1. The van der Waals surface area contributed by atoms with Crippen LogP contribution in [0.2, 0.25) is 0 Å². The fraction of sp³-hybridized carbons (Fsp3) is 0.692. The van der Waals surface area contributed by atoms with Crippen LogP contribution in [0.1, 0.15) is 82.6 Å². The Morgan fingerprint density at radius 1 is 1.06 bits per heavy atom. The van der Waals surface area contributed by atoms with E-state index in [1.807, 2.05) is 30.3 Å². The number of benzene rings is 1. The molecule has 8 heteroatoms. The first-order valence-electron chi connectivity index (χ1n) is 12.9. The van der Waals surface area contributed by atoms with Crippen molar-refractivity contribution in [1.29, 1.82) is 0 Å². The summed E-state index contributed by atoms with van der Waals surface area (Å²) in [6, 6.07) is 9.17. The molecule has 1 heterocycles. The number of hydrogen-bond donors (Lipinski definition) is 2. The van der Waals surface area contributed by atoms with Crippen molar-refractivity contribution < 1.29 is 13.2 Å². The third-order valence-corrected chi connectivity index (χ3v) is 9.43. The molecule has 1 amide bonds. The van der Waals surface area contributed by atoms with Crippen molar-refractivity contribution >= 4 is 21.9 Å². The second-order valence-corrected chi connectivity index (χ2v) is 12.5. The molecule has 3 aliphatic rings. The predicted octanol–water partition coefficient (Wildman–Crippen LogP) is 3.94. The molecule has 0 bridgehead atoms. The van der Waals surface area contributed by atoms with Crippen LogP contribution >= 0.6 is 0 Å². The lowest BCUT2D eigenvalue weighted by Crippen LogP contribution is -2.45. The van der Waals surface area contributed by atoms with Gasteiger partial charge in [-0.3, -0.25) is 9.69 Å². The Hall–Kier alpha value is -1.93. The van der Waals surface area contributed by atoms with Crippen molar-refractivity contribution in [3.8, 4) is 0 Å². The number of nitrogens with zero attached hydrogens (tertiary/aromatic N) is 2. The predicted molar refractivity (Wildman–Crippen MR) is 135 cm³/mol. The highest BCUT2D eigenvalue weighted by Crippen LogP contribution is 2.40. The third kappa shape index (κ3) is 6.19. The van der Waals surface area contributed by atoms with Gasteiger partial charge in [-0.2, -0.15) is 0 Å². The fourth-order valence-corrected chi connectivity index (χ4v) is 7.66. The second-order valence-electron chi connectivity index (χ2n) is 10.7. The highest BCUT2D eigenvalue weighted by molar-refractivity contribution is 7.88. The van der Waals surface area contributed by atoms with Crippen molar-refractivity contribution in [3.63, 3.8) is 0 Å². The smallest absolute Gasteiger partial charge is 0.257 e.